The SMILES string of the molecule is Fc1ccc(-c2cc[c]c(F)c2Oc2ccccc2)cc1. The Balaban J connectivity index is 2.05. The third-order valence-corrected chi connectivity index (χ3v) is 3.02. The van der Waals surface area contributed by atoms with E-state index in [1.165, 1.54) is 18.2 Å². The lowest BCUT2D eigenvalue weighted by Gasteiger charge is -2.12. The van der Waals surface area contributed by atoms with Crippen molar-refractivity contribution in [1.29, 1.82) is 0 Å². The van der Waals surface area contributed by atoms with Crippen molar-refractivity contribution in [2.75, 3.05) is 0 Å². The first kappa shape index (κ1) is 13.3. The van der Waals surface area contributed by atoms with Crippen LogP contribution in [0.3, 0.4) is 0 Å². The first-order valence-corrected chi connectivity index (χ1v) is 6.43. The summed E-state index contributed by atoms with van der Waals surface area (Å²) in [4.78, 5) is 0. The topological polar surface area (TPSA) is 9.23 Å². The Kier molecular flexibility index (Phi) is 3.65. The average Bonchev–Trinajstić information content (AvgIpc) is 2.51. The Hall–Kier alpha value is -2.68. The molecule has 0 amide bonds. The summed E-state index contributed by atoms with van der Waals surface area (Å²) in [7, 11) is 0. The van der Waals surface area contributed by atoms with E-state index in [1.54, 1.807) is 42.5 Å². The first-order chi connectivity index (χ1) is 10.2. The molecule has 0 bridgehead atoms. The molecule has 0 aromatic heterocycles. The molecular formula is C18H11F2O. The molecule has 0 unspecified atom stereocenters. The van der Waals surface area contributed by atoms with Crippen molar-refractivity contribution in [3.63, 3.8) is 0 Å². The zero-order valence-corrected chi connectivity index (χ0v) is 11.0. The number of ether oxygens (including phenoxy) is 1. The van der Waals surface area contributed by atoms with Crippen LogP contribution in [0.4, 0.5) is 8.78 Å². The van der Waals surface area contributed by atoms with Gasteiger partial charge >= 0.3 is 0 Å². The smallest absolute Gasteiger partial charge is 0.174 e. The van der Waals surface area contributed by atoms with Gasteiger partial charge in [-0.15, -0.1) is 0 Å². The maximum Gasteiger partial charge on any atom is 0.174 e. The van der Waals surface area contributed by atoms with Crippen LogP contribution in [0.5, 0.6) is 11.5 Å². The highest BCUT2D eigenvalue weighted by Crippen LogP contribution is 2.35. The number of hydrogen-bond acceptors (Lipinski definition) is 1. The van der Waals surface area contributed by atoms with Gasteiger partial charge in [-0.05, 0) is 35.9 Å². The van der Waals surface area contributed by atoms with E-state index in [2.05, 4.69) is 6.07 Å². The Bertz CT molecular complexity index is 737. The summed E-state index contributed by atoms with van der Waals surface area (Å²) >= 11 is 0. The lowest BCUT2D eigenvalue weighted by molar-refractivity contribution is 0.443. The predicted molar refractivity (Wildman–Crippen MR) is 77.1 cm³/mol. The third kappa shape index (κ3) is 2.92. The molecule has 1 nitrogen and oxygen atoms in total. The van der Waals surface area contributed by atoms with Gasteiger partial charge in [-0.2, -0.15) is 0 Å². The summed E-state index contributed by atoms with van der Waals surface area (Å²) in [6, 6.07) is 20.4. The fraction of sp³-hybridized carbons (Fsp3) is 0. The van der Waals surface area contributed by atoms with Crippen LogP contribution in [0.2, 0.25) is 0 Å². The fourth-order valence-electron chi connectivity index (χ4n) is 2.02. The summed E-state index contributed by atoms with van der Waals surface area (Å²) < 4.78 is 32.7. The zero-order chi connectivity index (χ0) is 14.7. The quantitative estimate of drug-likeness (QED) is 0.639. The van der Waals surface area contributed by atoms with Crippen LogP contribution in [0, 0.1) is 17.7 Å². The first-order valence-electron chi connectivity index (χ1n) is 6.43. The number of benzene rings is 3. The Labute approximate surface area is 121 Å². The largest absolute Gasteiger partial charge is 0.454 e. The van der Waals surface area contributed by atoms with Gasteiger partial charge in [-0.3, -0.25) is 0 Å². The molecular weight excluding hydrogens is 270 g/mol. The highest BCUT2D eigenvalue weighted by Gasteiger charge is 2.13. The Morgan fingerprint density at radius 3 is 2.24 bits per heavy atom. The van der Waals surface area contributed by atoms with Crippen molar-refractivity contribution >= 4 is 0 Å². The second kappa shape index (κ2) is 5.75. The van der Waals surface area contributed by atoms with Gasteiger partial charge in [0, 0.05) is 11.6 Å². The molecule has 3 aromatic rings. The molecule has 0 aliphatic carbocycles. The van der Waals surface area contributed by atoms with E-state index in [9.17, 15) is 8.78 Å². The lowest BCUT2D eigenvalue weighted by Crippen LogP contribution is -1.92. The maximum absolute atomic E-state index is 14.0. The van der Waals surface area contributed by atoms with E-state index in [1.807, 2.05) is 6.07 Å². The molecule has 0 N–H and O–H groups in total. The van der Waals surface area contributed by atoms with Crippen LogP contribution < -0.4 is 4.74 Å². The van der Waals surface area contributed by atoms with Crippen LogP contribution in [0.1, 0.15) is 0 Å². The van der Waals surface area contributed by atoms with Gasteiger partial charge in [-0.25, -0.2) is 8.78 Å². The van der Waals surface area contributed by atoms with E-state index in [-0.39, 0.29) is 11.6 Å². The van der Waals surface area contributed by atoms with Gasteiger partial charge in [0.2, 0.25) is 0 Å². The minimum atomic E-state index is -0.583. The molecule has 21 heavy (non-hydrogen) atoms. The van der Waals surface area contributed by atoms with Gasteiger partial charge in [0.15, 0.2) is 11.6 Å². The second-order valence-corrected chi connectivity index (χ2v) is 4.46. The maximum atomic E-state index is 14.0. The van der Waals surface area contributed by atoms with Crippen LogP contribution in [0.25, 0.3) is 11.1 Å². The number of hydrogen-bond donors (Lipinski definition) is 0. The van der Waals surface area contributed by atoms with Crippen LogP contribution in [0.15, 0.2) is 66.7 Å². The summed E-state index contributed by atoms with van der Waals surface area (Å²) in [5, 5.41) is 0. The molecule has 1 radical (unpaired) electrons. The van der Waals surface area contributed by atoms with E-state index >= 15 is 0 Å². The molecule has 0 fully saturated rings. The molecule has 0 saturated heterocycles. The fourth-order valence-corrected chi connectivity index (χ4v) is 2.02. The molecule has 0 spiro atoms. The summed E-state index contributed by atoms with van der Waals surface area (Å²) in [6.07, 6.45) is 0. The van der Waals surface area contributed by atoms with E-state index in [0.717, 1.165) is 0 Å². The molecule has 3 heteroatoms. The normalized spacial score (nSPS) is 10.4. The van der Waals surface area contributed by atoms with Crippen molar-refractivity contribution in [3.8, 4) is 22.6 Å². The van der Waals surface area contributed by atoms with Crippen LogP contribution in [-0.2, 0) is 0 Å². The van der Waals surface area contributed by atoms with Gasteiger partial charge in [-0.1, -0.05) is 36.4 Å². The standard InChI is InChI=1S/C18H11F2O/c19-14-11-9-13(10-12-14)16-7-4-8-17(20)18(16)21-15-5-2-1-3-6-15/h1-7,9-12H. The average molecular weight is 281 g/mol. The predicted octanol–water partition coefficient (Wildman–Crippen LogP) is 5.22. The zero-order valence-electron chi connectivity index (χ0n) is 11.0. The van der Waals surface area contributed by atoms with Crippen LogP contribution in [-0.4, -0.2) is 0 Å². The number of halogens is 2. The van der Waals surface area contributed by atoms with Gasteiger partial charge in [0.1, 0.15) is 11.6 Å². The third-order valence-electron chi connectivity index (χ3n) is 3.02. The van der Waals surface area contributed by atoms with Crippen molar-refractivity contribution in [3.05, 3.63) is 84.4 Å². The molecule has 0 atom stereocenters. The van der Waals surface area contributed by atoms with Gasteiger partial charge < -0.3 is 4.74 Å². The minimum absolute atomic E-state index is 0.0790. The van der Waals surface area contributed by atoms with Crippen molar-refractivity contribution in [2.24, 2.45) is 0 Å². The molecule has 103 valence electrons. The van der Waals surface area contributed by atoms with Gasteiger partial charge in [0.25, 0.3) is 0 Å². The second-order valence-electron chi connectivity index (χ2n) is 4.46. The molecule has 3 aromatic carbocycles. The van der Waals surface area contributed by atoms with E-state index in [4.69, 9.17) is 4.74 Å². The van der Waals surface area contributed by atoms with Crippen molar-refractivity contribution < 1.29 is 13.5 Å². The lowest BCUT2D eigenvalue weighted by atomic mass is 10.0. The number of para-hydroxylation sites is 1. The molecule has 0 saturated carbocycles. The molecule has 0 aliphatic rings. The number of rotatable bonds is 3. The monoisotopic (exact) mass is 281 g/mol. The molecule has 3 rings (SSSR count). The Morgan fingerprint density at radius 2 is 1.52 bits per heavy atom. The summed E-state index contributed by atoms with van der Waals surface area (Å²) in [5.41, 5.74) is 1.23. The summed E-state index contributed by atoms with van der Waals surface area (Å²) in [6.45, 7) is 0. The highest BCUT2D eigenvalue weighted by atomic mass is 19.1. The van der Waals surface area contributed by atoms with Gasteiger partial charge in [0.05, 0.1) is 0 Å². The Morgan fingerprint density at radius 1 is 0.810 bits per heavy atom. The molecule has 0 heterocycles. The molecule has 0 aliphatic heterocycles. The van der Waals surface area contributed by atoms with Crippen LogP contribution >= 0.6 is 0 Å². The van der Waals surface area contributed by atoms with Crippen molar-refractivity contribution in [2.45, 2.75) is 0 Å². The van der Waals surface area contributed by atoms with E-state index in [0.29, 0.717) is 16.9 Å². The highest BCUT2D eigenvalue weighted by molar-refractivity contribution is 5.71. The van der Waals surface area contributed by atoms with E-state index < -0.39 is 5.82 Å². The van der Waals surface area contributed by atoms with Crippen molar-refractivity contribution in [1.82, 2.24) is 0 Å². The minimum Gasteiger partial charge on any atom is -0.454 e. The summed E-state index contributed by atoms with van der Waals surface area (Å²) in [5.74, 6) is -0.317.